The molecule has 3 heterocycles. The number of nitrogens with zero attached hydrogens (tertiary/aromatic N) is 4. The third kappa shape index (κ3) is 14.9. The van der Waals surface area contributed by atoms with Gasteiger partial charge in [0.15, 0.2) is 12.4 Å². The van der Waals surface area contributed by atoms with E-state index in [1.54, 1.807) is 29.1 Å². The van der Waals surface area contributed by atoms with Gasteiger partial charge in [0.25, 0.3) is 5.91 Å². The van der Waals surface area contributed by atoms with E-state index < -0.39 is 60.3 Å². The number of nitrogens with one attached hydrogen (secondary N) is 2. The number of amides is 2. The number of carboxylic acid groups (broad SMARTS) is 2. The van der Waals surface area contributed by atoms with E-state index in [2.05, 4.69) is 39.3 Å². The third-order valence-corrected chi connectivity index (χ3v) is 12.6. The van der Waals surface area contributed by atoms with Crippen molar-refractivity contribution in [2.24, 2.45) is 4.99 Å². The zero-order valence-corrected chi connectivity index (χ0v) is 35.6. The normalized spacial score (nSPS) is 22.9. The van der Waals surface area contributed by atoms with E-state index in [1.807, 2.05) is 71.7 Å². The van der Waals surface area contributed by atoms with E-state index in [0.29, 0.717) is 31.8 Å². The summed E-state index contributed by atoms with van der Waals surface area (Å²) < 4.78 is 1.62. The van der Waals surface area contributed by atoms with Gasteiger partial charge in [-0.25, -0.2) is 9.59 Å². The number of hydrogen-bond donors (Lipinski definition) is 8. The zero-order chi connectivity index (χ0) is 44.6. The molecule has 62 heavy (non-hydrogen) atoms. The molecule has 0 saturated carbocycles. The number of aliphatic imine (C=N–C) groups is 1. The van der Waals surface area contributed by atoms with E-state index in [9.17, 15) is 49.8 Å². The minimum absolute atomic E-state index is 0.0515. The Morgan fingerprint density at radius 1 is 0.806 bits per heavy atom. The van der Waals surface area contributed by atoms with Crippen LogP contribution in [0.2, 0.25) is 0 Å². The molecule has 2 amide bonds. The number of aromatic nitrogens is 1. The minimum Gasteiger partial charge on any atom is -0.480 e. The maximum Gasteiger partial charge on any atom is 0.327 e. The average molecular weight is 890 g/mol. The van der Waals surface area contributed by atoms with Gasteiger partial charge in [-0.2, -0.15) is 4.57 Å². The van der Waals surface area contributed by atoms with Crippen LogP contribution in [0.1, 0.15) is 17.5 Å². The molecule has 2 aromatic rings. The quantitative estimate of drug-likeness (QED) is 0.0290. The first-order valence-electron chi connectivity index (χ1n) is 19.9. The van der Waals surface area contributed by atoms with Crippen LogP contribution in [0.25, 0.3) is 12.2 Å². The summed E-state index contributed by atoms with van der Waals surface area (Å²) >= 11 is 0. The van der Waals surface area contributed by atoms with Gasteiger partial charge >= 0.3 is 11.9 Å². The summed E-state index contributed by atoms with van der Waals surface area (Å²) in [5, 5.41) is 63.6. The molecule has 7 unspecified atom stereocenters. The first-order chi connectivity index (χ1) is 29.8. The first kappa shape index (κ1) is 47.7. The second-order valence-electron chi connectivity index (χ2n) is 14.9. The van der Waals surface area contributed by atoms with Crippen molar-refractivity contribution in [3.05, 3.63) is 120 Å². The lowest BCUT2D eigenvalue weighted by Crippen LogP contribution is -2.49. The molecule has 2 aliphatic heterocycles. The number of allylic oxidation sites excluding steroid dienone is 7. The van der Waals surface area contributed by atoms with E-state index in [4.69, 9.17) is 0 Å². The van der Waals surface area contributed by atoms with E-state index in [-0.39, 0.29) is 30.6 Å². The van der Waals surface area contributed by atoms with E-state index in [1.165, 1.54) is 6.21 Å². The summed E-state index contributed by atoms with van der Waals surface area (Å²) in [4.78, 5) is 57.0. The monoisotopic (exact) mass is 889 g/mol. The number of likely N-dealkylation sites (tertiary alicyclic amines) is 1. The highest BCUT2D eigenvalue weighted by atomic mass is 33.1. The van der Waals surface area contributed by atoms with Gasteiger partial charge in [-0.15, -0.1) is 0 Å². The van der Waals surface area contributed by atoms with Crippen LogP contribution in [0.15, 0.2) is 114 Å². The third-order valence-electron chi connectivity index (χ3n) is 10.2. The van der Waals surface area contributed by atoms with Gasteiger partial charge in [-0.3, -0.25) is 19.5 Å². The topological polar surface area (TPSA) is 236 Å². The number of anilines is 1. The molecule has 8 N–H and O–H groups in total. The van der Waals surface area contributed by atoms with Crippen LogP contribution in [0.3, 0.4) is 0 Å². The predicted octanol–water partition coefficient (Wildman–Crippen LogP) is 1.24. The van der Waals surface area contributed by atoms with Crippen molar-refractivity contribution < 1.29 is 54.4 Å². The van der Waals surface area contributed by atoms with E-state index in [0.717, 1.165) is 50.4 Å². The molecular formula is C44H53N6O10S2+. The van der Waals surface area contributed by atoms with Crippen molar-refractivity contribution in [2.75, 3.05) is 49.1 Å². The Bertz CT molecular complexity index is 2050. The highest BCUT2D eigenvalue weighted by molar-refractivity contribution is 8.76. The molecule has 0 spiro atoms. The summed E-state index contributed by atoms with van der Waals surface area (Å²) in [5.74, 6) is -3.76. The van der Waals surface area contributed by atoms with E-state index >= 15 is 0 Å². The fraction of sp³-hybridized carbons (Fsp3) is 0.364. The van der Waals surface area contributed by atoms with Crippen LogP contribution in [-0.4, -0.2) is 152 Å². The van der Waals surface area contributed by atoms with Crippen molar-refractivity contribution in [2.45, 2.75) is 55.5 Å². The second kappa shape index (κ2) is 23.8. The molecule has 0 bridgehead atoms. The Kier molecular flexibility index (Phi) is 18.3. The van der Waals surface area contributed by atoms with Gasteiger partial charge in [0, 0.05) is 67.8 Å². The summed E-state index contributed by atoms with van der Waals surface area (Å²) in [6, 6.07) is 8.91. The molecule has 2 fully saturated rings. The maximum absolute atomic E-state index is 12.7. The fourth-order valence-electron chi connectivity index (χ4n) is 6.63. The highest BCUT2D eigenvalue weighted by Crippen LogP contribution is 2.25. The summed E-state index contributed by atoms with van der Waals surface area (Å²) in [6.07, 6.45) is 19.6. The number of carbonyl (C=O) groups is 4. The fourth-order valence-corrected chi connectivity index (χ4v) is 8.94. The number of aliphatic hydroxyl groups excluding tert-OH is 4. The van der Waals surface area contributed by atoms with Crippen molar-refractivity contribution in [1.29, 1.82) is 0 Å². The molecule has 16 nitrogen and oxygen atoms in total. The van der Waals surface area contributed by atoms with Crippen LogP contribution < -0.4 is 20.1 Å². The van der Waals surface area contributed by atoms with Gasteiger partial charge in [0.2, 0.25) is 12.5 Å². The molecule has 2 saturated heterocycles. The van der Waals surface area contributed by atoms with Gasteiger partial charge in [-0.05, 0) is 46.9 Å². The summed E-state index contributed by atoms with van der Waals surface area (Å²) in [5.41, 5.74) is 4.43. The molecule has 1 aliphatic carbocycles. The number of hydrogen-bond acceptors (Lipinski definition) is 13. The van der Waals surface area contributed by atoms with Crippen molar-refractivity contribution >= 4 is 69.4 Å². The largest absolute Gasteiger partial charge is 0.480 e. The summed E-state index contributed by atoms with van der Waals surface area (Å²) in [6.45, 7) is 4.97. The number of β-amino-alcohol motifs (C(OH)–C–C–N with tert-alkyl or cyclic N) is 4. The highest BCUT2D eigenvalue weighted by Gasteiger charge is 2.33. The molecule has 0 radical (unpaired) electrons. The van der Waals surface area contributed by atoms with Gasteiger partial charge in [-0.1, -0.05) is 88.9 Å². The molecule has 5 rings (SSSR count). The predicted molar refractivity (Wildman–Crippen MR) is 240 cm³/mol. The van der Waals surface area contributed by atoms with Crippen molar-refractivity contribution in [1.82, 2.24) is 15.5 Å². The number of rotatable bonds is 21. The molecule has 1 aromatic heterocycles. The molecule has 330 valence electrons. The van der Waals surface area contributed by atoms with Crippen LogP contribution in [0.4, 0.5) is 5.69 Å². The zero-order valence-electron chi connectivity index (χ0n) is 33.9. The number of aliphatic hydroxyl groups is 4. The Balaban J connectivity index is 0.987. The standard InChI is InChI=1S/C44H52N6O10S2/c1-2-29(3-4-30-7-11-33(12-8-30)49-22-37(51)38(52)23-49)15-18-45-21-41(55)46-35(43(57)58)27-61-62-28-36(44(59)60)47-42(56)26-48-19-16-32(17-20-48)6-5-31-9-13-34(14-10-31)50-24-39(53)40(54)25-50/h2-13,15-20,34-40,51-54H,1,14,21-28H2,(H3-,46,47,55,56,57,58,59,60)/p+1/b4-3+,6-5+,29-15+,45-18?. The Labute approximate surface area is 367 Å². The average Bonchev–Trinajstić information content (AvgIpc) is 3.78. The lowest BCUT2D eigenvalue weighted by molar-refractivity contribution is -0.684. The number of pyridine rings is 1. The number of benzene rings is 1. The second-order valence-corrected chi connectivity index (χ2v) is 17.5. The van der Waals surface area contributed by atoms with Crippen LogP contribution >= 0.6 is 21.6 Å². The van der Waals surface area contributed by atoms with Crippen molar-refractivity contribution in [3.63, 3.8) is 0 Å². The SMILES string of the molecule is C=CC(/C=C/c1ccc(N2CC(O)C(O)C2)cc1)=C\C=NCC(=O)NC(CSSCC(NC(=O)C[n+]1ccc(/C=C/C2=CCC(N3CC(O)C(O)C3)C=C2)cc1)C(=O)O)C(=O)O. The molecule has 1 aromatic carbocycles. The van der Waals surface area contributed by atoms with Crippen LogP contribution in [0, 0.1) is 0 Å². The number of aliphatic carboxylic acids is 2. The Morgan fingerprint density at radius 2 is 1.39 bits per heavy atom. The molecule has 18 heteroatoms. The number of carboxylic acids is 2. The molecule has 3 aliphatic rings. The van der Waals surface area contributed by atoms with Gasteiger partial charge < -0.3 is 46.2 Å². The van der Waals surface area contributed by atoms with Gasteiger partial charge in [0.05, 0.1) is 24.4 Å². The maximum atomic E-state index is 12.7. The molecular weight excluding hydrogens is 837 g/mol. The Hall–Kier alpha value is -5.34. The first-order valence-corrected chi connectivity index (χ1v) is 22.4. The Morgan fingerprint density at radius 3 is 1.95 bits per heavy atom. The minimum atomic E-state index is -1.27. The smallest absolute Gasteiger partial charge is 0.327 e. The van der Waals surface area contributed by atoms with Crippen molar-refractivity contribution in [3.8, 4) is 0 Å². The lowest BCUT2D eigenvalue weighted by atomic mass is 10.0. The number of carbonyl (C=O) groups excluding carboxylic acids is 2. The molecule has 7 atom stereocenters. The lowest BCUT2D eigenvalue weighted by Gasteiger charge is -2.25. The summed E-state index contributed by atoms with van der Waals surface area (Å²) in [7, 11) is 2.11. The van der Waals surface area contributed by atoms with Crippen LogP contribution in [0.5, 0.6) is 0 Å². The van der Waals surface area contributed by atoms with Gasteiger partial charge in [0.1, 0.15) is 18.6 Å². The van der Waals surface area contributed by atoms with Crippen LogP contribution in [-0.2, 0) is 25.7 Å².